The van der Waals surface area contributed by atoms with E-state index in [0.29, 0.717) is 5.92 Å². The number of hydrogen-bond donors (Lipinski definition) is 1. The van der Waals surface area contributed by atoms with Gasteiger partial charge in [-0.25, -0.2) is 0 Å². The summed E-state index contributed by atoms with van der Waals surface area (Å²) in [5.41, 5.74) is 3.43. The number of nitrogens with one attached hydrogen (secondary N) is 1. The van der Waals surface area contributed by atoms with Gasteiger partial charge in [0.1, 0.15) is 0 Å². The zero-order chi connectivity index (χ0) is 13.5. The predicted molar refractivity (Wildman–Crippen MR) is 81.2 cm³/mol. The maximum atomic E-state index is 4.79. The van der Waals surface area contributed by atoms with Crippen LogP contribution in [0.3, 0.4) is 0 Å². The fourth-order valence-electron chi connectivity index (χ4n) is 2.14. The quantitative estimate of drug-likeness (QED) is 0.792. The maximum Gasteiger partial charge on any atom is 0.0705 e. The van der Waals surface area contributed by atoms with Gasteiger partial charge in [0.25, 0.3) is 0 Å². The summed E-state index contributed by atoms with van der Waals surface area (Å²) in [6, 6.07) is 16.7. The first-order valence-corrected chi connectivity index (χ1v) is 7.04. The molecule has 19 heavy (non-hydrogen) atoms. The Labute approximate surface area is 115 Å². The monoisotopic (exact) mass is 254 g/mol. The van der Waals surface area contributed by atoms with Crippen molar-refractivity contribution >= 4 is 0 Å². The number of benzene rings is 1. The number of pyridine rings is 1. The summed E-state index contributed by atoms with van der Waals surface area (Å²) in [4.78, 5) is 4.79. The van der Waals surface area contributed by atoms with Crippen LogP contribution < -0.4 is 5.32 Å². The SMILES string of the molecule is CCNCCC(C)c1cccc(-c2ccccc2)n1. The lowest BCUT2D eigenvalue weighted by molar-refractivity contribution is 0.599. The summed E-state index contributed by atoms with van der Waals surface area (Å²) < 4.78 is 0. The standard InChI is InChI=1S/C17H22N2/c1-3-18-13-12-14(2)16-10-7-11-17(19-16)15-8-5-4-6-9-15/h4-11,14,18H,3,12-13H2,1-2H3. The Kier molecular flexibility index (Phi) is 5.10. The Hall–Kier alpha value is -1.67. The maximum absolute atomic E-state index is 4.79. The Morgan fingerprint density at radius 2 is 1.84 bits per heavy atom. The highest BCUT2D eigenvalue weighted by Crippen LogP contribution is 2.21. The summed E-state index contributed by atoms with van der Waals surface area (Å²) in [6.07, 6.45) is 1.12. The van der Waals surface area contributed by atoms with Crippen molar-refractivity contribution in [3.05, 3.63) is 54.2 Å². The highest BCUT2D eigenvalue weighted by molar-refractivity contribution is 5.58. The van der Waals surface area contributed by atoms with Gasteiger partial charge in [-0.3, -0.25) is 4.98 Å². The molecule has 2 nitrogen and oxygen atoms in total. The van der Waals surface area contributed by atoms with Gasteiger partial charge >= 0.3 is 0 Å². The van der Waals surface area contributed by atoms with Gasteiger partial charge in [-0.2, -0.15) is 0 Å². The van der Waals surface area contributed by atoms with Crippen LogP contribution in [0.15, 0.2) is 48.5 Å². The lowest BCUT2D eigenvalue weighted by Gasteiger charge is -2.12. The second-order valence-electron chi connectivity index (χ2n) is 4.86. The van der Waals surface area contributed by atoms with Crippen LogP contribution in [0.5, 0.6) is 0 Å². The van der Waals surface area contributed by atoms with Crippen LogP contribution in [0.2, 0.25) is 0 Å². The Bertz CT molecular complexity index is 494. The molecule has 2 heteroatoms. The molecule has 0 bridgehead atoms. The summed E-state index contributed by atoms with van der Waals surface area (Å²) in [7, 11) is 0. The molecule has 1 atom stereocenters. The molecular weight excluding hydrogens is 232 g/mol. The van der Waals surface area contributed by atoms with Gasteiger partial charge in [0.15, 0.2) is 0 Å². The molecule has 0 amide bonds. The van der Waals surface area contributed by atoms with Crippen molar-refractivity contribution in [2.75, 3.05) is 13.1 Å². The van der Waals surface area contributed by atoms with Crippen LogP contribution >= 0.6 is 0 Å². The zero-order valence-corrected chi connectivity index (χ0v) is 11.8. The molecule has 1 heterocycles. The average molecular weight is 254 g/mol. The van der Waals surface area contributed by atoms with Crippen LogP contribution in [-0.2, 0) is 0 Å². The largest absolute Gasteiger partial charge is 0.317 e. The van der Waals surface area contributed by atoms with E-state index in [4.69, 9.17) is 4.98 Å². The van der Waals surface area contributed by atoms with Crippen molar-refractivity contribution in [3.63, 3.8) is 0 Å². The van der Waals surface area contributed by atoms with E-state index in [1.165, 1.54) is 11.3 Å². The van der Waals surface area contributed by atoms with E-state index in [1.807, 2.05) is 6.07 Å². The van der Waals surface area contributed by atoms with Gasteiger partial charge in [-0.1, -0.05) is 50.2 Å². The van der Waals surface area contributed by atoms with E-state index in [-0.39, 0.29) is 0 Å². The first-order chi connectivity index (χ1) is 9.31. The first-order valence-electron chi connectivity index (χ1n) is 7.04. The molecule has 2 aromatic rings. The average Bonchev–Trinajstić information content (AvgIpc) is 2.48. The lowest BCUT2D eigenvalue weighted by Crippen LogP contribution is -2.16. The van der Waals surface area contributed by atoms with Crippen LogP contribution in [0.25, 0.3) is 11.3 Å². The molecule has 100 valence electrons. The minimum atomic E-state index is 0.489. The van der Waals surface area contributed by atoms with Gasteiger partial charge in [-0.05, 0) is 37.6 Å². The highest BCUT2D eigenvalue weighted by atomic mass is 14.8. The fourth-order valence-corrected chi connectivity index (χ4v) is 2.14. The summed E-state index contributed by atoms with van der Waals surface area (Å²) in [5.74, 6) is 0.489. The molecule has 0 fully saturated rings. The van der Waals surface area contributed by atoms with Crippen LogP contribution in [0, 0.1) is 0 Å². The molecule has 2 rings (SSSR count). The lowest BCUT2D eigenvalue weighted by atomic mass is 10.0. The normalized spacial score (nSPS) is 12.3. The molecule has 0 saturated heterocycles. The topological polar surface area (TPSA) is 24.9 Å². The molecule has 1 N–H and O–H groups in total. The van der Waals surface area contributed by atoms with Crippen LogP contribution in [0.4, 0.5) is 0 Å². The highest BCUT2D eigenvalue weighted by Gasteiger charge is 2.08. The number of aromatic nitrogens is 1. The molecule has 0 aliphatic carbocycles. The minimum absolute atomic E-state index is 0.489. The van der Waals surface area contributed by atoms with Crippen molar-refractivity contribution in [2.45, 2.75) is 26.2 Å². The van der Waals surface area contributed by atoms with E-state index in [2.05, 4.69) is 61.6 Å². The minimum Gasteiger partial charge on any atom is -0.317 e. The molecule has 0 radical (unpaired) electrons. The third kappa shape index (κ3) is 3.90. The molecule has 0 aliphatic rings. The van der Waals surface area contributed by atoms with Gasteiger partial charge < -0.3 is 5.32 Å². The van der Waals surface area contributed by atoms with E-state index in [9.17, 15) is 0 Å². The van der Waals surface area contributed by atoms with Gasteiger partial charge in [0, 0.05) is 11.3 Å². The van der Waals surface area contributed by atoms with Crippen molar-refractivity contribution in [2.24, 2.45) is 0 Å². The molecular formula is C17H22N2. The van der Waals surface area contributed by atoms with Gasteiger partial charge in [0.2, 0.25) is 0 Å². The number of nitrogens with zero attached hydrogens (tertiary/aromatic N) is 1. The molecule has 1 aromatic heterocycles. The summed E-state index contributed by atoms with van der Waals surface area (Å²) >= 11 is 0. The van der Waals surface area contributed by atoms with E-state index in [0.717, 1.165) is 25.2 Å². The van der Waals surface area contributed by atoms with Crippen molar-refractivity contribution in [3.8, 4) is 11.3 Å². The van der Waals surface area contributed by atoms with Crippen molar-refractivity contribution in [1.29, 1.82) is 0 Å². The molecule has 1 aromatic carbocycles. The molecule has 0 aliphatic heterocycles. The zero-order valence-electron chi connectivity index (χ0n) is 11.8. The van der Waals surface area contributed by atoms with Crippen LogP contribution in [-0.4, -0.2) is 18.1 Å². The van der Waals surface area contributed by atoms with Gasteiger partial charge in [-0.15, -0.1) is 0 Å². The van der Waals surface area contributed by atoms with Crippen molar-refractivity contribution in [1.82, 2.24) is 10.3 Å². The summed E-state index contributed by atoms with van der Waals surface area (Å²) in [5, 5.41) is 3.37. The van der Waals surface area contributed by atoms with E-state index in [1.54, 1.807) is 0 Å². The fraction of sp³-hybridized carbons (Fsp3) is 0.353. The van der Waals surface area contributed by atoms with E-state index >= 15 is 0 Å². The first kappa shape index (κ1) is 13.8. The third-order valence-corrected chi connectivity index (χ3v) is 3.35. The Balaban J connectivity index is 2.11. The summed E-state index contributed by atoms with van der Waals surface area (Å²) in [6.45, 7) is 6.46. The molecule has 0 saturated carbocycles. The predicted octanol–water partition coefficient (Wildman–Crippen LogP) is 3.85. The Morgan fingerprint density at radius 1 is 1.05 bits per heavy atom. The van der Waals surface area contributed by atoms with Crippen LogP contribution in [0.1, 0.15) is 31.9 Å². The molecule has 1 unspecified atom stereocenters. The number of rotatable bonds is 6. The number of hydrogen-bond acceptors (Lipinski definition) is 2. The van der Waals surface area contributed by atoms with E-state index < -0.39 is 0 Å². The smallest absolute Gasteiger partial charge is 0.0705 e. The second kappa shape index (κ2) is 7.05. The Morgan fingerprint density at radius 3 is 2.58 bits per heavy atom. The van der Waals surface area contributed by atoms with Crippen molar-refractivity contribution < 1.29 is 0 Å². The molecule has 0 spiro atoms. The van der Waals surface area contributed by atoms with Gasteiger partial charge in [0.05, 0.1) is 5.69 Å². The third-order valence-electron chi connectivity index (χ3n) is 3.35. The second-order valence-corrected chi connectivity index (χ2v) is 4.86.